The van der Waals surface area contributed by atoms with Crippen LogP contribution in [0.15, 0.2) is 65.8 Å². The number of nitrogens with two attached hydrogens (primary N) is 2. The summed E-state index contributed by atoms with van der Waals surface area (Å²) in [5.74, 6) is 0.220. The van der Waals surface area contributed by atoms with E-state index < -0.39 is 5.82 Å². The first-order chi connectivity index (χ1) is 18.9. The van der Waals surface area contributed by atoms with Crippen LogP contribution in [0.1, 0.15) is 22.5 Å². The molecule has 0 saturated heterocycles. The van der Waals surface area contributed by atoms with Crippen LogP contribution in [-0.4, -0.2) is 34.3 Å². The first-order valence-corrected chi connectivity index (χ1v) is 12.3. The summed E-state index contributed by atoms with van der Waals surface area (Å²) in [4.78, 5) is 31.7. The van der Waals surface area contributed by atoms with E-state index >= 15 is 0 Å². The van der Waals surface area contributed by atoms with E-state index in [1.54, 1.807) is 27.6 Å². The van der Waals surface area contributed by atoms with E-state index in [1.165, 1.54) is 18.5 Å². The minimum atomic E-state index is -0.405. The number of hydrogen-bond donors (Lipinski definition) is 2. The van der Waals surface area contributed by atoms with Crippen LogP contribution < -0.4 is 17.0 Å². The van der Waals surface area contributed by atoms with Crippen LogP contribution in [-0.2, 0) is 13.1 Å². The summed E-state index contributed by atoms with van der Waals surface area (Å²) in [6, 6.07) is 13.7. The van der Waals surface area contributed by atoms with Crippen LogP contribution in [0.2, 0.25) is 0 Å². The second-order valence-electron chi connectivity index (χ2n) is 9.25. The van der Waals surface area contributed by atoms with Gasteiger partial charge in [0.25, 0.3) is 5.56 Å². The van der Waals surface area contributed by atoms with Gasteiger partial charge in [0.1, 0.15) is 36.0 Å². The molecule has 0 bridgehead atoms. The minimum Gasteiger partial charge on any atom is -0.383 e. The molecule has 10 nitrogen and oxygen atoms in total. The van der Waals surface area contributed by atoms with Gasteiger partial charge < -0.3 is 11.5 Å². The molecule has 6 aromatic rings. The largest absolute Gasteiger partial charge is 0.383 e. The molecule has 0 radical (unpaired) electrons. The molecule has 11 heteroatoms. The lowest BCUT2D eigenvalue weighted by Gasteiger charge is -2.16. The molecular formula is C28H24FN9O. The number of pyridine rings is 1. The van der Waals surface area contributed by atoms with Crippen molar-refractivity contribution in [1.82, 2.24) is 34.3 Å². The van der Waals surface area contributed by atoms with Gasteiger partial charge in [0.05, 0.1) is 16.5 Å². The molecule has 0 aliphatic carbocycles. The number of aromatic nitrogens is 7. The van der Waals surface area contributed by atoms with E-state index in [1.807, 2.05) is 38.1 Å². The maximum absolute atomic E-state index is 14.0. The number of anilines is 1. The van der Waals surface area contributed by atoms with Gasteiger partial charge in [-0.3, -0.25) is 9.36 Å². The van der Waals surface area contributed by atoms with Crippen LogP contribution >= 0.6 is 0 Å². The second kappa shape index (κ2) is 9.37. The molecule has 0 amide bonds. The summed E-state index contributed by atoms with van der Waals surface area (Å²) >= 11 is 0. The summed E-state index contributed by atoms with van der Waals surface area (Å²) in [5.41, 5.74) is 16.8. The molecule has 0 atom stereocenters. The van der Waals surface area contributed by atoms with Gasteiger partial charge in [-0.25, -0.2) is 29.0 Å². The highest BCUT2D eigenvalue weighted by molar-refractivity contribution is 5.98. The van der Waals surface area contributed by atoms with Gasteiger partial charge >= 0.3 is 0 Å². The third-order valence-electron chi connectivity index (χ3n) is 6.80. The molecule has 0 spiro atoms. The highest BCUT2D eigenvalue weighted by Crippen LogP contribution is 2.33. The number of para-hydroxylation sites is 1. The predicted octanol–water partition coefficient (Wildman–Crippen LogP) is 3.43. The number of fused-ring (bicyclic) bond motifs is 2. The van der Waals surface area contributed by atoms with E-state index in [-0.39, 0.29) is 24.5 Å². The van der Waals surface area contributed by atoms with Gasteiger partial charge in [-0.05, 0) is 60.9 Å². The smallest absolute Gasteiger partial charge is 0.267 e. The maximum atomic E-state index is 14.0. The zero-order valence-electron chi connectivity index (χ0n) is 21.3. The van der Waals surface area contributed by atoms with E-state index in [4.69, 9.17) is 21.5 Å². The Balaban J connectivity index is 1.63. The van der Waals surface area contributed by atoms with Crippen LogP contribution in [0.25, 0.3) is 39.0 Å². The van der Waals surface area contributed by atoms with E-state index in [9.17, 15) is 9.18 Å². The molecule has 194 valence electrons. The average molecular weight is 522 g/mol. The van der Waals surface area contributed by atoms with Crippen LogP contribution in [0.3, 0.4) is 0 Å². The van der Waals surface area contributed by atoms with Crippen molar-refractivity contribution in [2.24, 2.45) is 5.73 Å². The summed E-state index contributed by atoms with van der Waals surface area (Å²) in [6.07, 6.45) is 2.98. The first-order valence-electron chi connectivity index (χ1n) is 12.3. The Morgan fingerprint density at radius 2 is 1.79 bits per heavy atom. The van der Waals surface area contributed by atoms with Crippen molar-refractivity contribution in [2.45, 2.75) is 26.9 Å². The second-order valence-corrected chi connectivity index (χ2v) is 9.25. The molecule has 2 aromatic carbocycles. The first kappa shape index (κ1) is 24.3. The van der Waals surface area contributed by atoms with Crippen molar-refractivity contribution < 1.29 is 4.39 Å². The Hall–Kier alpha value is -5.03. The Morgan fingerprint density at radius 3 is 2.59 bits per heavy atom. The predicted molar refractivity (Wildman–Crippen MR) is 147 cm³/mol. The van der Waals surface area contributed by atoms with Gasteiger partial charge in [0.2, 0.25) is 0 Å². The number of nitrogens with zero attached hydrogens (tertiary/aromatic N) is 7. The zero-order chi connectivity index (χ0) is 27.3. The molecule has 4 N–H and O–H groups in total. The third-order valence-corrected chi connectivity index (χ3v) is 6.80. The highest BCUT2D eigenvalue weighted by atomic mass is 19.1. The van der Waals surface area contributed by atoms with Crippen molar-refractivity contribution in [2.75, 3.05) is 5.73 Å². The van der Waals surface area contributed by atoms with Crippen molar-refractivity contribution >= 4 is 27.9 Å². The standard InChI is InChI=1S/C28H24FN9O/c1-15-5-3-4-6-20(15)38-21(35-26-22(28(38)39)16(2)9-10-32-26)13-37-27-23(25(31)33-14-34-27)24(36-37)19-8-7-18(29)11-17(19)12-30/h3-11,14H,12-13,30H2,1-2H3,(H2,31,33,34). The Labute approximate surface area is 221 Å². The number of hydrogen-bond acceptors (Lipinski definition) is 8. The molecule has 4 heterocycles. The summed E-state index contributed by atoms with van der Waals surface area (Å²) in [5, 5.41) is 5.76. The van der Waals surface area contributed by atoms with E-state index in [0.717, 1.165) is 11.1 Å². The van der Waals surface area contributed by atoms with Crippen molar-refractivity contribution in [3.8, 4) is 16.9 Å². The topological polar surface area (TPSA) is 143 Å². The fourth-order valence-electron chi connectivity index (χ4n) is 4.89. The fourth-order valence-corrected chi connectivity index (χ4v) is 4.89. The lowest BCUT2D eigenvalue weighted by atomic mass is 10.0. The Kier molecular flexibility index (Phi) is 5.84. The summed E-state index contributed by atoms with van der Waals surface area (Å²) < 4.78 is 17.2. The molecule has 0 aliphatic rings. The molecule has 39 heavy (non-hydrogen) atoms. The van der Waals surface area contributed by atoms with Gasteiger partial charge in [0.15, 0.2) is 11.3 Å². The van der Waals surface area contributed by atoms with Crippen molar-refractivity contribution in [1.29, 1.82) is 0 Å². The lowest BCUT2D eigenvalue weighted by Crippen LogP contribution is -2.27. The van der Waals surface area contributed by atoms with E-state index in [2.05, 4.69) is 15.0 Å². The van der Waals surface area contributed by atoms with E-state index in [0.29, 0.717) is 50.4 Å². The summed E-state index contributed by atoms with van der Waals surface area (Å²) in [7, 11) is 0. The van der Waals surface area contributed by atoms with Crippen molar-refractivity contribution in [3.05, 3.63) is 99.7 Å². The van der Waals surface area contributed by atoms with Crippen LogP contribution in [0.5, 0.6) is 0 Å². The molecule has 0 unspecified atom stereocenters. The molecule has 6 rings (SSSR count). The fraction of sp³-hybridized carbons (Fsp3) is 0.143. The number of nitrogen functional groups attached to an aromatic ring is 1. The molecule has 4 aromatic heterocycles. The average Bonchev–Trinajstić information content (AvgIpc) is 3.28. The zero-order valence-corrected chi connectivity index (χ0v) is 21.3. The molecule has 0 aliphatic heterocycles. The number of aryl methyl sites for hydroxylation is 2. The van der Waals surface area contributed by atoms with Gasteiger partial charge in [-0.15, -0.1) is 0 Å². The minimum absolute atomic E-state index is 0.0707. The SMILES string of the molecule is Cc1ccccc1-n1c(Cn2nc(-c3ccc(F)cc3CN)c3c(N)ncnc32)nc2nccc(C)c2c1=O. The van der Waals surface area contributed by atoms with Crippen LogP contribution in [0, 0.1) is 19.7 Å². The van der Waals surface area contributed by atoms with Gasteiger partial charge in [0, 0.05) is 18.3 Å². The number of rotatable bonds is 5. The molecular weight excluding hydrogens is 497 g/mol. The quantitative estimate of drug-likeness (QED) is 0.351. The van der Waals surface area contributed by atoms with Gasteiger partial charge in [-0.1, -0.05) is 18.2 Å². The lowest BCUT2D eigenvalue weighted by molar-refractivity contribution is 0.625. The Bertz CT molecular complexity index is 1960. The Morgan fingerprint density at radius 1 is 0.974 bits per heavy atom. The molecule has 0 saturated carbocycles. The van der Waals surface area contributed by atoms with Crippen molar-refractivity contribution in [3.63, 3.8) is 0 Å². The normalized spacial score (nSPS) is 11.5. The maximum Gasteiger partial charge on any atom is 0.267 e. The third kappa shape index (κ3) is 3.99. The number of halogens is 1. The molecule has 0 fully saturated rings. The summed E-state index contributed by atoms with van der Waals surface area (Å²) in [6.45, 7) is 3.96. The monoisotopic (exact) mass is 521 g/mol. The van der Waals surface area contributed by atoms with Gasteiger partial charge in [-0.2, -0.15) is 5.10 Å². The number of benzene rings is 2. The van der Waals surface area contributed by atoms with Crippen LogP contribution in [0.4, 0.5) is 10.2 Å². The highest BCUT2D eigenvalue weighted by Gasteiger charge is 2.22.